The summed E-state index contributed by atoms with van der Waals surface area (Å²) in [5, 5.41) is 6.74. The Morgan fingerprint density at radius 1 is 1.14 bits per heavy atom. The third-order valence-electron chi connectivity index (χ3n) is 4.33. The third-order valence-corrected chi connectivity index (χ3v) is 5.47. The Labute approximate surface area is 130 Å². The number of aromatic nitrogens is 1. The van der Waals surface area contributed by atoms with E-state index in [1.807, 2.05) is 36.2 Å². The van der Waals surface area contributed by atoms with Gasteiger partial charge in [0, 0.05) is 28.3 Å². The summed E-state index contributed by atoms with van der Waals surface area (Å²) >= 11 is 2.00. The molecule has 0 radical (unpaired) electrons. The zero-order valence-corrected chi connectivity index (χ0v) is 13.5. The number of hydrogen-bond acceptors (Lipinski definition) is 4. The van der Waals surface area contributed by atoms with E-state index in [0.29, 0.717) is 6.04 Å². The smallest absolute Gasteiger partial charge is 0.134 e. The molecule has 0 aliphatic heterocycles. The van der Waals surface area contributed by atoms with Crippen molar-refractivity contribution >= 4 is 28.4 Å². The van der Waals surface area contributed by atoms with Gasteiger partial charge in [0.15, 0.2) is 0 Å². The lowest BCUT2D eigenvalue weighted by Gasteiger charge is -2.28. The highest BCUT2D eigenvalue weighted by Crippen LogP contribution is 2.32. The van der Waals surface area contributed by atoms with Crippen molar-refractivity contribution in [3.05, 3.63) is 30.5 Å². The molecule has 0 bridgehead atoms. The Hall–Kier alpha value is -1.42. The number of ether oxygens (including phenoxy) is 1. The van der Waals surface area contributed by atoms with Crippen molar-refractivity contribution < 1.29 is 4.74 Å². The monoisotopic (exact) mass is 302 g/mol. The molecule has 1 aromatic carbocycles. The van der Waals surface area contributed by atoms with Crippen LogP contribution in [0.15, 0.2) is 30.5 Å². The number of rotatable bonds is 4. The fourth-order valence-electron chi connectivity index (χ4n) is 3.11. The zero-order chi connectivity index (χ0) is 14.7. The number of fused-ring (bicyclic) bond motifs is 1. The van der Waals surface area contributed by atoms with Crippen molar-refractivity contribution in [2.24, 2.45) is 0 Å². The number of nitrogens with zero attached hydrogens (tertiary/aromatic N) is 1. The number of anilines is 1. The largest absolute Gasteiger partial charge is 0.496 e. The van der Waals surface area contributed by atoms with Gasteiger partial charge in [-0.05, 0) is 44.1 Å². The van der Waals surface area contributed by atoms with Crippen LogP contribution in [0.2, 0.25) is 0 Å². The van der Waals surface area contributed by atoms with E-state index in [-0.39, 0.29) is 0 Å². The SMILES string of the molecule is COc1cccc2c(NC3CCC(SC)CC3)nccc12. The van der Waals surface area contributed by atoms with Crippen LogP contribution in [0.5, 0.6) is 5.75 Å². The average molecular weight is 302 g/mol. The van der Waals surface area contributed by atoms with Crippen LogP contribution in [-0.2, 0) is 0 Å². The second kappa shape index (κ2) is 6.56. The molecule has 1 saturated carbocycles. The van der Waals surface area contributed by atoms with Crippen LogP contribution in [0.25, 0.3) is 10.8 Å². The highest BCUT2D eigenvalue weighted by Gasteiger charge is 2.21. The van der Waals surface area contributed by atoms with Gasteiger partial charge in [-0.2, -0.15) is 11.8 Å². The van der Waals surface area contributed by atoms with Gasteiger partial charge in [0.25, 0.3) is 0 Å². The van der Waals surface area contributed by atoms with Gasteiger partial charge in [-0.15, -0.1) is 0 Å². The third kappa shape index (κ3) is 3.10. The number of benzene rings is 1. The quantitative estimate of drug-likeness (QED) is 0.911. The van der Waals surface area contributed by atoms with Gasteiger partial charge in [-0.25, -0.2) is 4.98 Å². The number of methoxy groups -OCH3 is 1. The number of nitrogens with one attached hydrogen (secondary N) is 1. The van der Waals surface area contributed by atoms with Crippen LogP contribution in [0.4, 0.5) is 5.82 Å². The molecule has 1 heterocycles. The van der Waals surface area contributed by atoms with Crippen LogP contribution in [-0.4, -0.2) is 29.6 Å². The molecular formula is C17H22N2OS. The van der Waals surface area contributed by atoms with Crippen LogP contribution < -0.4 is 10.1 Å². The normalized spacial score (nSPS) is 22.2. The number of thioether (sulfide) groups is 1. The van der Waals surface area contributed by atoms with E-state index in [1.165, 1.54) is 25.7 Å². The van der Waals surface area contributed by atoms with Crippen molar-refractivity contribution in [1.82, 2.24) is 4.98 Å². The van der Waals surface area contributed by atoms with Crippen molar-refractivity contribution in [1.29, 1.82) is 0 Å². The number of pyridine rings is 1. The van der Waals surface area contributed by atoms with E-state index in [0.717, 1.165) is 27.6 Å². The lowest BCUT2D eigenvalue weighted by Crippen LogP contribution is -2.27. The maximum atomic E-state index is 5.44. The maximum absolute atomic E-state index is 5.44. The predicted molar refractivity (Wildman–Crippen MR) is 91.5 cm³/mol. The first-order valence-corrected chi connectivity index (χ1v) is 8.81. The minimum atomic E-state index is 0.540. The van der Waals surface area contributed by atoms with Crippen LogP contribution in [0.3, 0.4) is 0 Å². The van der Waals surface area contributed by atoms with Gasteiger partial charge in [0.2, 0.25) is 0 Å². The van der Waals surface area contributed by atoms with Crippen LogP contribution in [0, 0.1) is 0 Å². The summed E-state index contributed by atoms with van der Waals surface area (Å²) in [5.74, 6) is 1.89. The summed E-state index contributed by atoms with van der Waals surface area (Å²) < 4.78 is 5.44. The van der Waals surface area contributed by atoms with Crippen LogP contribution >= 0.6 is 11.8 Å². The molecule has 0 spiro atoms. The second-order valence-electron chi connectivity index (χ2n) is 5.57. The average Bonchev–Trinajstić information content (AvgIpc) is 2.55. The standard InChI is InChI=1S/C17H22N2OS/c1-20-16-5-3-4-15-14(16)10-11-18-17(15)19-12-6-8-13(21-2)9-7-12/h3-5,10-13H,6-9H2,1-2H3,(H,18,19). The number of hydrogen-bond donors (Lipinski definition) is 1. The van der Waals surface area contributed by atoms with Gasteiger partial charge in [0.1, 0.15) is 11.6 Å². The molecule has 21 heavy (non-hydrogen) atoms. The minimum absolute atomic E-state index is 0.540. The molecule has 2 aromatic rings. The Morgan fingerprint density at radius 2 is 1.95 bits per heavy atom. The first-order valence-electron chi connectivity index (χ1n) is 7.53. The molecule has 1 fully saturated rings. The van der Waals surface area contributed by atoms with Crippen molar-refractivity contribution in [2.45, 2.75) is 37.0 Å². The lowest BCUT2D eigenvalue weighted by molar-refractivity contribution is 0.420. The van der Waals surface area contributed by atoms with Gasteiger partial charge in [-0.1, -0.05) is 12.1 Å². The summed E-state index contributed by atoms with van der Waals surface area (Å²) in [6.07, 6.45) is 9.14. The molecule has 1 aliphatic rings. The molecule has 1 N–H and O–H groups in total. The molecule has 112 valence electrons. The maximum Gasteiger partial charge on any atom is 0.134 e. The first-order chi connectivity index (χ1) is 10.3. The molecule has 0 saturated heterocycles. The summed E-state index contributed by atoms with van der Waals surface area (Å²) in [4.78, 5) is 4.54. The van der Waals surface area contributed by atoms with Crippen molar-refractivity contribution in [3.63, 3.8) is 0 Å². The molecule has 0 atom stereocenters. The van der Waals surface area contributed by atoms with Crippen molar-refractivity contribution in [3.8, 4) is 5.75 Å². The van der Waals surface area contributed by atoms with E-state index in [2.05, 4.69) is 22.6 Å². The molecule has 0 unspecified atom stereocenters. The fraction of sp³-hybridized carbons (Fsp3) is 0.471. The zero-order valence-electron chi connectivity index (χ0n) is 12.6. The summed E-state index contributed by atoms with van der Waals surface area (Å²) in [6.45, 7) is 0. The van der Waals surface area contributed by atoms with E-state index < -0.39 is 0 Å². The Bertz CT molecular complexity index is 609. The molecule has 3 rings (SSSR count). The summed E-state index contributed by atoms with van der Waals surface area (Å²) in [6, 6.07) is 8.69. The van der Waals surface area contributed by atoms with E-state index >= 15 is 0 Å². The van der Waals surface area contributed by atoms with Gasteiger partial charge < -0.3 is 10.1 Å². The molecule has 1 aliphatic carbocycles. The highest BCUT2D eigenvalue weighted by atomic mass is 32.2. The Kier molecular flexibility index (Phi) is 4.54. The molecular weight excluding hydrogens is 280 g/mol. The van der Waals surface area contributed by atoms with Gasteiger partial charge in [0.05, 0.1) is 7.11 Å². The molecule has 0 amide bonds. The topological polar surface area (TPSA) is 34.1 Å². The summed E-state index contributed by atoms with van der Waals surface area (Å²) in [5.41, 5.74) is 0. The first kappa shape index (κ1) is 14.5. The van der Waals surface area contributed by atoms with Gasteiger partial charge >= 0.3 is 0 Å². The van der Waals surface area contributed by atoms with E-state index in [9.17, 15) is 0 Å². The highest BCUT2D eigenvalue weighted by molar-refractivity contribution is 7.99. The van der Waals surface area contributed by atoms with Crippen molar-refractivity contribution in [2.75, 3.05) is 18.7 Å². The van der Waals surface area contributed by atoms with E-state index in [1.54, 1.807) is 7.11 Å². The Balaban J connectivity index is 1.81. The predicted octanol–water partition coefficient (Wildman–Crippen LogP) is 4.33. The second-order valence-corrected chi connectivity index (χ2v) is 6.71. The minimum Gasteiger partial charge on any atom is -0.496 e. The lowest BCUT2D eigenvalue weighted by atomic mass is 9.95. The molecule has 1 aromatic heterocycles. The molecule has 4 heteroatoms. The van der Waals surface area contributed by atoms with Crippen LogP contribution in [0.1, 0.15) is 25.7 Å². The summed E-state index contributed by atoms with van der Waals surface area (Å²) in [7, 11) is 1.71. The fourth-order valence-corrected chi connectivity index (χ4v) is 3.85. The van der Waals surface area contributed by atoms with Gasteiger partial charge in [-0.3, -0.25) is 0 Å². The molecule has 3 nitrogen and oxygen atoms in total. The van der Waals surface area contributed by atoms with E-state index in [4.69, 9.17) is 4.74 Å². The Morgan fingerprint density at radius 3 is 2.67 bits per heavy atom.